The summed E-state index contributed by atoms with van der Waals surface area (Å²) in [6, 6.07) is 11.3. The summed E-state index contributed by atoms with van der Waals surface area (Å²) in [5.41, 5.74) is 5.38. The first-order chi connectivity index (χ1) is 13.5. The average Bonchev–Trinajstić information content (AvgIpc) is 2.71. The van der Waals surface area contributed by atoms with Crippen molar-refractivity contribution in [3.05, 3.63) is 58.6 Å². The number of hydrogen-bond acceptors (Lipinski definition) is 6. The maximum absolute atomic E-state index is 11.9. The predicted molar refractivity (Wildman–Crippen MR) is 99.2 cm³/mol. The van der Waals surface area contributed by atoms with Gasteiger partial charge in [0.25, 0.3) is 11.8 Å². The smallest absolute Gasteiger partial charge is 0.310 e. The zero-order valence-electron chi connectivity index (χ0n) is 14.7. The van der Waals surface area contributed by atoms with Crippen LogP contribution in [0.1, 0.15) is 15.9 Å². The van der Waals surface area contributed by atoms with Gasteiger partial charge >= 0.3 is 5.97 Å². The molecule has 8 nitrogen and oxygen atoms in total. The van der Waals surface area contributed by atoms with Gasteiger partial charge in [-0.05, 0) is 42.0 Å². The molecule has 2 aromatic carbocycles. The minimum atomic E-state index is -0.669. The van der Waals surface area contributed by atoms with Crippen LogP contribution in [-0.4, -0.2) is 37.6 Å². The van der Waals surface area contributed by atoms with Crippen LogP contribution in [0.3, 0.4) is 0 Å². The summed E-state index contributed by atoms with van der Waals surface area (Å²) in [4.78, 5) is 35.5. The molecular weight excluding hydrogens is 388 g/mol. The summed E-state index contributed by atoms with van der Waals surface area (Å²) in [6.07, 6.45) is -0.0267. The fourth-order valence-corrected chi connectivity index (χ4v) is 2.52. The molecule has 1 aliphatic heterocycles. The zero-order chi connectivity index (χ0) is 19.9. The average molecular weight is 405 g/mol. The lowest BCUT2D eigenvalue weighted by Crippen LogP contribution is -2.43. The Kier molecular flexibility index (Phi) is 6.33. The van der Waals surface area contributed by atoms with Gasteiger partial charge in [-0.15, -0.1) is 0 Å². The lowest BCUT2D eigenvalue weighted by atomic mass is 10.1. The Balaban J connectivity index is 1.41. The van der Waals surface area contributed by atoms with Crippen LogP contribution in [0.15, 0.2) is 42.5 Å². The third kappa shape index (κ3) is 5.37. The van der Waals surface area contributed by atoms with Crippen LogP contribution in [0, 0.1) is 0 Å². The third-order valence-corrected chi connectivity index (χ3v) is 3.99. The Morgan fingerprint density at radius 1 is 0.964 bits per heavy atom. The number of rotatable bonds is 5. The van der Waals surface area contributed by atoms with Gasteiger partial charge in [-0.3, -0.25) is 25.2 Å². The number of amides is 2. The highest BCUT2D eigenvalue weighted by Gasteiger charge is 2.15. The Hall–Kier alpha value is -3.26. The summed E-state index contributed by atoms with van der Waals surface area (Å²) in [5, 5.41) is 0.491. The Bertz CT molecular complexity index is 884. The molecule has 9 heteroatoms. The minimum Gasteiger partial charge on any atom is -0.486 e. The van der Waals surface area contributed by atoms with Gasteiger partial charge in [0, 0.05) is 10.6 Å². The topological polar surface area (TPSA) is 103 Å². The van der Waals surface area contributed by atoms with E-state index in [9.17, 15) is 14.4 Å². The van der Waals surface area contributed by atoms with Gasteiger partial charge in [0.05, 0.1) is 6.42 Å². The molecule has 0 aliphatic carbocycles. The van der Waals surface area contributed by atoms with Crippen molar-refractivity contribution >= 4 is 29.4 Å². The van der Waals surface area contributed by atoms with E-state index in [1.54, 1.807) is 30.3 Å². The van der Waals surface area contributed by atoms with Gasteiger partial charge in [-0.25, -0.2) is 0 Å². The van der Waals surface area contributed by atoms with Crippen LogP contribution >= 0.6 is 11.6 Å². The lowest BCUT2D eigenvalue weighted by molar-refractivity contribution is -0.148. The first-order valence-electron chi connectivity index (χ1n) is 8.40. The van der Waals surface area contributed by atoms with E-state index in [-0.39, 0.29) is 6.42 Å². The number of hydrogen-bond donors (Lipinski definition) is 2. The first-order valence-corrected chi connectivity index (χ1v) is 8.78. The normalized spacial score (nSPS) is 12.0. The monoisotopic (exact) mass is 404 g/mol. The third-order valence-electron chi connectivity index (χ3n) is 3.74. The molecular formula is C19H17ClN2O6. The van der Waals surface area contributed by atoms with Crippen molar-refractivity contribution in [3.63, 3.8) is 0 Å². The highest BCUT2D eigenvalue weighted by molar-refractivity contribution is 6.30. The second kappa shape index (κ2) is 9.09. The van der Waals surface area contributed by atoms with Gasteiger partial charge in [0.2, 0.25) is 0 Å². The van der Waals surface area contributed by atoms with Gasteiger partial charge in [-0.2, -0.15) is 0 Å². The van der Waals surface area contributed by atoms with Crippen LogP contribution in [0.5, 0.6) is 11.5 Å². The number of fused-ring (bicyclic) bond motifs is 1. The predicted octanol–water partition coefficient (Wildman–Crippen LogP) is 1.66. The van der Waals surface area contributed by atoms with Crippen molar-refractivity contribution < 1.29 is 28.6 Å². The number of carbonyl (C=O) groups excluding carboxylic acids is 3. The summed E-state index contributed by atoms with van der Waals surface area (Å²) < 4.78 is 15.8. The molecule has 2 aromatic rings. The largest absolute Gasteiger partial charge is 0.486 e. The fourth-order valence-electron chi connectivity index (χ4n) is 2.40. The standard InChI is InChI=1S/C19H17ClN2O6/c20-14-4-2-13(3-5-14)19(25)22-21-17(23)11-28-18(24)10-12-1-6-15-16(9-12)27-8-7-26-15/h1-6,9H,7-8,10-11H2,(H,21,23)(H,22,25). The van der Waals surface area contributed by atoms with Gasteiger partial charge in [0.1, 0.15) is 13.2 Å². The molecule has 0 fully saturated rings. The molecule has 0 saturated carbocycles. The number of ether oxygens (including phenoxy) is 3. The van der Waals surface area contributed by atoms with E-state index < -0.39 is 24.4 Å². The molecule has 2 amide bonds. The van der Waals surface area contributed by atoms with Crippen LogP contribution in [-0.2, 0) is 20.7 Å². The molecule has 0 bridgehead atoms. The molecule has 0 atom stereocenters. The van der Waals surface area contributed by atoms with Crippen LogP contribution < -0.4 is 20.3 Å². The lowest BCUT2D eigenvalue weighted by Gasteiger charge is -2.18. The molecule has 1 heterocycles. The molecule has 0 radical (unpaired) electrons. The quantitative estimate of drug-likeness (QED) is 0.580. The molecule has 146 valence electrons. The minimum absolute atomic E-state index is 0.0267. The zero-order valence-corrected chi connectivity index (χ0v) is 15.5. The van der Waals surface area contributed by atoms with E-state index >= 15 is 0 Å². The Labute approximate surface area is 165 Å². The number of carbonyl (C=O) groups is 3. The van der Waals surface area contributed by atoms with E-state index in [1.165, 1.54) is 12.1 Å². The summed E-state index contributed by atoms with van der Waals surface area (Å²) in [7, 11) is 0. The number of esters is 1. The Morgan fingerprint density at radius 3 is 2.43 bits per heavy atom. The van der Waals surface area contributed by atoms with E-state index in [1.807, 2.05) is 0 Å². The van der Waals surface area contributed by atoms with Crippen LogP contribution in [0.4, 0.5) is 0 Å². The molecule has 0 spiro atoms. The van der Waals surface area contributed by atoms with Crippen molar-refractivity contribution in [2.45, 2.75) is 6.42 Å². The van der Waals surface area contributed by atoms with Gasteiger partial charge in [0.15, 0.2) is 18.1 Å². The Morgan fingerprint density at radius 2 is 1.68 bits per heavy atom. The molecule has 0 unspecified atom stereocenters. The van der Waals surface area contributed by atoms with E-state index in [0.717, 1.165) is 0 Å². The van der Waals surface area contributed by atoms with Crippen molar-refractivity contribution in [1.29, 1.82) is 0 Å². The second-order valence-electron chi connectivity index (χ2n) is 5.82. The number of hydrazine groups is 1. The van der Waals surface area contributed by atoms with E-state index in [2.05, 4.69) is 10.9 Å². The van der Waals surface area contributed by atoms with Crippen molar-refractivity contribution in [2.24, 2.45) is 0 Å². The molecule has 0 saturated heterocycles. The van der Waals surface area contributed by atoms with Crippen molar-refractivity contribution in [2.75, 3.05) is 19.8 Å². The highest BCUT2D eigenvalue weighted by Crippen LogP contribution is 2.30. The SMILES string of the molecule is O=C(COC(=O)Cc1ccc2c(c1)OCCO2)NNC(=O)c1ccc(Cl)cc1. The molecule has 0 aromatic heterocycles. The van der Waals surface area contributed by atoms with E-state index in [4.69, 9.17) is 25.8 Å². The maximum atomic E-state index is 11.9. The first kappa shape index (κ1) is 19.5. The second-order valence-corrected chi connectivity index (χ2v) is 6.26. The van der Waals surface area contributed by atoms with Crippen molar-refractivity contribution in [1.82, 2.24) is 10.9 Å². The molecule has 3 rings (SSSR count). The maximum Gasteiger partial charge on any atom is 0.310 e. The van der Waals surface area contributed by atoms with Gasteiger partial charge in [-0.1, -0.05) is 17.7 Å². The number of halogens is 1. The summed E-state index contributed by atoms with van der Waals surface area (Å²) in [5.74, 6) is -0.584. The fraction of sp³-hybridized carbons (Fsp3) is 0.211. The molecule has 28 heavy (non-hydrogen) atoms. The number of benzene rings is 2. The van der Waals surface area contributed by atoms with Crippen LogP contribution in [0.2, 0.25) is 5.02 Å². The van der Waals surface area contributed by atoms with Crippen LogP contribution in [0.25, 0.3) is 0 Å². The number of nitrogens with one attached hydrogen (secondary N) is 2. The highest BCUT2D eigenvalue weighted by atomic mass is 35.5. The summed E-state index contributed by atoms with van der Waals surface area (Å²) >= 11 is 5.74. The molecule has 2 N–H and O–H groups in total. The summed E-state index contributed by atoms with van der Waals surface area (Å²) in [6.45, 7) is 0.408. The van der Waals surface area contributed by atoms with E-state index in [0.29, 0.717) is 40.9 Å². The van der Waals surface area contributed by atoms with Gasteiger partial charge < -0.3 is 14.2 Å². The van der Waals surface area contributed by atoms with Crippen molar-refractivity contribution in [3.8, 4) is 11.5 Å². The molecule has 1 aliphatic rings.